The van der Waals surface area contributed by atoms with Crippen LogP contribution in [0.5, 0.6) is 0 Å². The van der Waals surface area contributed by atoms with Crippen LogP contribution in [-0.2, 0) is 4.74 Å². The van der Waals surface area contributed by atoms with Gasteiger partial charge in [0.05, 0.1) is 17.8 Å². The molecule has 2 atom stereocenters. The Hall–Kier alpha value is -1.93. The van der Waals surface area contributed by atoms with Crippen LogP contribution in [0.4, 0.5) is 5.82 Å². The molecule has 2 heterocycles. The average molecular weight is 274 g/mol. The van der Waals surface area contributed by atoms with E-state index >= 15 is 0 Å². The Labute approximate surface area is 119 Å². The summed E-state index contributed by atoms with van der Waals surface area (Å²) in [6.45, 7) is 8.87. The first-order chi connectivity index (χ1) is 9.42. The Balaban J connectivity index is 2.44. The molecule has 20 heavy (non-hydrogen) atoms. The van der Waals surface area contributed by atoms with E-state index in [4.69, 9.17) is 4.74 Å². The molecule has 1 aromatic heterocycles. The molecule has 1 fully saturated rings. The number of H-pyrrole nitrogens is 1. The van der Waals surface area contributed by atoms with Crippen molar-refractivity contribution < 1.29 is 14.5 Å². The van der Waals surface area contributed by atoms with Crippen molar-refractivity contribution in [2.75, 3.05) is 18.0 Å². The first kappa shape index (κ1) is 14.5. The summed E-state index contributed by atoms with van der Waals surface area (Å²) in [6.07, 6.45) is 0.234. The summed E-state index contributed by atoms with van der Waals surface area (Å²) in [4.78, 5) is 16.9. The van der Waals surface area contributed by atoms with E-state index in [9.17, 15) is 10.1 Å². The van der Waals surface area contributed by atoms with E-state index in [-0.39, 0.29) is 18.0 Å². The van der Waals surface area contributed by atoms with Crippen LogP contribution >= 0.6 is 0 Å². The zero-order chi connectivity index (χ0) is 14.9. The molecule has 1 aliphatic heterocycles. The van der Waals surface area contributed by atoms with E-state index in [2.05, 4.69) is 16.0 Å². The number of pyridine rings is 1. The number of nitrogens with one attached hydrogen (secondary N) is 1. The van der Waals surface area contributed by atoms with Crippen LogP contribution in [0.3, 0.4) is 0 Å². The number of aromatic nitrogens is 1. The van der Waals surface area contributed by atoms with Crippen LogP contribution in [0.15, 0.2) is 6.07 Å². The van der Waals surface area contributed by atoms with E-state index in [1.807, 2.05) is 20.8 Å². The minimum absolute atomic E-state index is 0.0366. The lowest BCUT2D eigenvalue weighted by atomic mass is 10.1. The quantitative estimate of drug-likeness (QED) is 0.766. The van der Waals surface area contributed by atoms with Crippen LogP contribution in [0.1, 0.15) is 42.4 Å². The Morgan fingerprint density at radius 1 is 1.45 bits per heavy atom. The number of rotatable bonds is 2. The zero-order valence-corrected chi connectivity index (χ0v) is 12.4. The average Bonchev–Trinajstić information content (AvgIpc) is 2.36. The lowest BCUT2D eigenvalue weighted by molar-refractivity contribution is -0.375. The number of aryl methyl sites for hydroxylation is 1. The summed E-state index contributed by atoms with van der Waals surface area (Å²) in [5.41, 5.74) is 1.86. The van der Waals surface area contributed by atoms with Gasteiger partial charge < -0.3 is 4.74 Å². The molecule has 0 aliphatic carbocycles. The number of morpholine rings is 1. The molecule has 2 rings (SSSR count). The number of hydrogen-bond donors (Lipinski definition) is 0. The van der Waals surface area contributed by atoms with Gasteiger partial charge in [0, 0.05) is 0 Å². The summed E-state index contributed by atoms with van der Waals surface area (Å²) < 4.78 is 5.71. The molecule has 1 saturated heterocycles. The molecular weight excluding hydrogens is 254 g/mol. The van der Waals surface area contributed by atoms with Crippen LogP contribution in [0, 0.1) is 18.3 Å². The van der Waals surface area contributed by atoms with Gasteiger partial charge in [-0.15, -0.1) is 0 Å². The Morgan fingerprint density at radius 2 is 2.05 bits per heavy atom. The van der Waals surface area contributed by atoms with Gasteiger partial charge in [-0.05, 0) is 33.8 Å². The van der Waals surface area contributed by atoms with E-state index in [0.29, 0.717) is 11.1 Å². The van der Waals surface area contributed by atoms with Gasteiger partial charge in [0.25, 0.3) is 5.82 Å². The topological polar surface area (TPSA) is 67.5 Å². The van der Waals surface area contributed by atoms with Crippen molar-refractivity contribution in [2.45, 2.75) is 39.9 Å². The van der Waals surface area contributed by atoms with Crippen LogP contribution in [-0.4, -0.2) is 31.1 Å². The normalized spacial score (nSPS) is 22.4. The Kier molecular flexibility index (Phi) is 4.05. The van der Waals surface area contributed by atoms with E-state index in [1.165, 1.54) is 6.92 Å². The van der Waals surface area contributed by atoms with E-state index in [1.54, 1.807) is 6.07 Å². The molecule has 1 aromatic rings. The fourth-order valence-electron chi connectivity index (χ4n) is 2.69. The molecule has 0 spiro atoms. The summed E-state index contributed by atoms with van der Waals surface area (Å²) >= 11 is 0. The summed E-state index contributed by atoms with van der Waals surface area (Å²) in [5.74, 6) is 0.738. The molecule has 5 nitrogen and oxygen atoms in total. The van der Waals surface area contributed by atoms with Gasteiger partial charge in [-0.2, -0.15) is 5.26 Å². The first-order valence-electron chi connectivity index (χ1n) is 6.80. The van der Waals surface area contributed by atoms with Gasteiger partial charge in [-0.1, -0.05) is 0 Å². The Bertz CT molecular complexity index is 567. The van der Waals surface area contributed by atoms with Crippen molar-refractivity contribution in [1.29, 1.82) is 5.26 Å². The van der Waals surface area contributed by atoms with Gasteiger partial charge >= 0.3 is 0 Å². The lowest BCUT2D eigenvalue weighted by Gasteiger charge is -2.31. The van der Waals surface area contributed by atoms with Gasteiger partial charge in [0.2, 0.25) is 0 Å². The minimum Gasteiger partial charge on any atom is -0.367 e. The number of anilines is 1. The molecule has 1 N–H and O–H groups in total. The van der Waals surface area contributed by atoms with Crippen molar-refractivity contribution in [1.82, 2.24) is 0 Å². The predicted octanol–water partition coefficient (Wildman–Crippen LogP) is 1.50. The number of hydrogen-bond acceptors (Lipinski definition) is 4. The first-order valence-corrected chi connectivity index (χ1v) is 6.80. The maximum atomic E-state index is 11.6. The van der Waals surface area contributed by atoms with Gasteiger partial charge in [-0.3, -0.25) is 9.69 Å². The molecule has 5 heteroatoms. The molecule has 0 radical (unpaired) electrons. The number of nitrogens with zero attached hydrogens (tertiary/aromatic N) is 2. The van der Waals surface area contributed by atoms with E-state index in [0.717, 1.165) is 24.6 Å². The number of Topliss-reactive ketones (excluding diaryl/α,β-unsaturated/α-hetero) is 1. The maximum Gasteiger partial charge on any atom is 0.292 e. The van der Waals surface area contributed by atoms with Crippen molar-refractivity contribution in [2.24, 2.45) is 0 Å². The summed E-state index contributed by atoms with van der Waals surface area (Å²) in [5, 5.41) is 9.34. The molecule has 0 aromatic carbocycles. The van der Waals surface area contributed by atoms with Gasteiger partial charge in [-0.25, -0.2) is 4.98 Å². The highest BCUT2D eigenvalue weighted by Crippen LogP contribution is 2.21. The third-order valence-electron chi connectivity index (χ3n) is 3.49. The van der Waals surface area contributed by atoms with Crippen molar-refractivity contribution >= 4 is 11.6 Å². The molecular formula is C15H20N3O2+. The predicted molar refractivity (Wildman–Crippen MR) is 74.7 cm³/mol. The number of carbonyl (C=O) groups is 1. The monoisotopic (exact) mass is 274 g/mol. The van der Waals surface area contributed by atoms with Crippen LogP contribution in [0.2, 0.25) is 0 Å². The standard InChI is InChI=1S/C15H19N3O2/c1-9-7-18(8-10(2)20-9)15-13(6-16)5-14(12(4)19)11(3)17-15/h5,9-10H,7-8H2,1-4H3/p+1/t9-,10-/m1/s1. The fraction of sp³-hybridized carbons (Fsp3) is 0.533. The van der Waals surface area contributed by atoms with Crippen LogP contribution in [0.25, 0.3) is 0 Å². The zero-order valence-electron chi connectivity index (χ0n) is 12.4. The number of ketones is 1. The third-order valence-corrected chi connectivity index (χ3v) is 3.49. The largest absolute Gasteiger partial charge is 0.367 e. The molecule has 1 aliphatic rings. The molecule has 106 valence electrons. The second kappa shape index (κ2) is 5.59. The van der Waals surface area contributed by atoms with Crippen molar-refractivity contribution in [3.63, 3.8) is 0 Å². The molecule has 0 amide bonds. The number of aromatic amines is 1. The van der Waals surface area contributed by atoms with Crippen molar-refractivity contribution in [3.8, 4) is 6.07 Å². The number of ether oxygens (including phenoxy) is 1. The highest BCUT2D eigenvalue weighted by molar-refractivity contribution is 5.95. The van der Waals surface area contributed by atoms with E-state index < -0.39 is 0 Å². The minimum atomic E-state index is -0.0366. The van der Waals surface area contributed by atoms with Crippen LogP contribution < -0.4 is 9.88 Å². The van der Waals surface area contributed by atoms with Gasteiger partial charge in [0.1, 0.15) is 30.4 Å². The Morgan fingerprint density at radius 3 is 2.55 bits per heavy atom. The second-order valence-corrected chi connectivity index (χ2v) is 5.40. The maximum absolute atomic E-state index is 11.6. The molecule has 0 unspecified atom stereocenters. The van der Waals surface area contributed by atoms with Gasteiger partial charge in [0.15, 0.2) is 5.78 Å². The summed E-state index contributed by atoms with van der Waals surface area (Å²) in [7, 11) is 0. The molecule has 0 saturated carbocycles. The smallest absolute Gasteiger partial charge is 0.292 e. The highest BCUT2D eigenvalue weighted by atomic mass is 16.5. The molecule has 0 bridgehead atoms. The highest BCUT2D eigenvalue weighted by Gasteiger charge is 2.31. The number of carbonyl (C=O) groups excluding carboxylic acids is 1. The SMILES string of the molecule is CC(=O)c1cc(C#N)c(N2C[C@@H](C)O[C@H](C)C2)[nH+]c1C. The summed E-state index contributed by atoms with van der Waals surface area (Å²) in [6, 6.07) is 3.85. The lowest BCUT2D eigenvalue weighted by Crippen LogP contribution is -2.48. The fourth-order valence-corrected chi connectivity index (χ4v) is 2.69. The second-order valence-electron chi connectivity index (χ2n) is 5.40. The third kappa shape index (κ3) is 2.81. The van der Waals surface area contributed by atoms with Crippen molar-refractivity contribution in [3.05, 3.63) is 22.9 Å². The number of nitriles is 1.